The monoisotopic (exact) mass is 399 g/mol. The fourth-order valence-corrected chi connectivity index (χ4v) is 3.67. The number of aromatic hydroxyl groups is 1. The summed E-state index contributed by atoms with van der Waals surface area (Å²) in [6, 6.07) is 13.1. The van der Waals surface area contributed by atoms with Crippen LogP contribution in [-0.2, 0) is 13.5 Å². The second-order valence-electron chi connectivity index (χ2n) is 7.02. The summed E-state index contributed by atoms with van der Waals surface area (Å²) < 4.78 is 1.42. The van der Waals surface area contributed by atoms with Crippen LogP contribution in [0.2, 0.25) is 0 Å². The minimum absolute atomic E-state index is 0. The maximum Gasteiger partial charge on any atom is 0.267 e. The maximum absolute atomic E-state index is 13.2. The highest BCUT2D eigenvalue weighted by Crippen LogP contribution is 2.33. The molecule has 0 spiro atoms. The lowest BCUT2D eigenvalue weighted by atomic mass is 10.1. The minimum Gasteiger partial charge on any atom is -0.506 e. The lowest BCUT2D eigenvalue weighted by Crippen LogP contribution is -2.35. The van der Waals surface area contributed by atoms with E-state index in [0.29, 0.717) is 17.4 Å². The van der Waals surface area contributed by atoms with Gasteiger partial charge in [0.1, 0.15) is 11.3 Å². The Hall–Kier alpha value is -2.99. The molecule has 1 aliphatic heterocycles. The summed E-state index contributed by atoms with van der Waals surface area (Å²) >= 11 is 0. The number of halogens is 1. The maximum atomic E-state index is 13.2. The van der Waals surface area contributed by atoms with E-state index in [1.54, 1.807) is 24.1 Å². The Morgan fingerprint density at radius 1 is 1.14 bits per heavy atom. The van der Waals surface area contributed by atoms with Crippen LogP contribution in [0, 0.1) is 0 Å². The van der Waals surface area contributed by atoms with E-state index in [2.05, 4.69) is 0 Å². The first kappa shape index (κ1) is 19.8. The van der Waals surface area contributed by atoms with E-state index < -0.39 is 11.5 Å². The second-order valence-corrected chi connectivity index (χ2v) is 7.02. The van der Waals surface area contributed by atoms with E-state index in [0.717, 1.165) is 23.4 Å². The highest BCUT2D eigenvalue weighted by atomic mass is 35.5. The Kier molecular flexibility index (Phi) is 5.08. The van der Waals surface area contributed by atoms with Crippen molar-refractivity contribution in [2.45, 2.75) is 6.42 Å². The number of hydrogen-bond acceptors (Lipinski definition) is 4. The summed E-state index contributed by atoms with van der Waals surface area (Å²) in [5.41, 5.74) is 2.65. The fraction of sp³-hybridized carbons (Fsp3) is 0.238. The van der Waals surface area contributed by atoms with Crippen LogP contribution in [0.25, 0.3) is 10.9 Å². The number of aryl methyl sites for hydroxylation is 1. The zero-order valence-electron chi connectivity index (χ0n) is 16.0. The average molecular weight is 400 g/mol. The molecule has 0 aliphatic carbocycles. The molecule has 1 aromatic heterocycles. The van der Waals surface area contributed by atoms with Gasteiger partial charge < -0.3 is 19.5 Å². The quantitative estimate of drug-likeness (QED) is 0.719. The third kappa shape index (κ3) is 2.90. The predicted molar refractivity (Wildman–Crippen MR) is 114 cm³/mol. The van der Waals surface area contributed by atoms with Crippen LogP contribution in [0.4, 0.5) is 11.4 Å². The SMILES string of the molecule is CN(C)c1ccc2c(c1)c(O)c(C(=O)N1CCc3ccccc31)c(=O)n2C.Cl. The van der Waals surface area contributed by atoms with Crippen molar-refractivity contribution in [2.24, 2.45) is 7.05 Å². The Morgan fingerprint density at radius 3 is 2.57 bits per heavy atom. The van der Waals surface area contributed by atoms with Gasteiger partial charge in [-0.3, -0.25) is 9.59 Å². The van der Waals surface area contributed by atoms with Gasteiger partial charge in [-0.2, -0.15) is 0 Å². The molecule has 0 saturated carbocycles. The summed E-state index contributed by atoms with van der Waals surface area (Å²) in [7, 11) is 5.41. The van der Waals surface area contributed by atoms with Gasteiger partial charge in [0.25, 0.3) is 11.5 Å². The van der Waals surface area contributed by atoms with Crippen molar-refractivity contribution in [3.8, 4) is 5.75 Å². The largest absolute Gasteiger partial charge is 0.506 e. The van der Waals surface area contributed by atoms with E-state index in [1.165, 1.54) is 4.57 Å². The molecule has 0 atom stereocenters. The van der Waals surface area contributed by atoms with Crippen molar-refractivity contribution >= 4 is 40.6 Å². The summed E-state index contributed by atoms with van der Waals surface area (Å²) in [6.45, 7) is 0.497. The van der Waals surface area contributed by atoms with Crippen LogP contribution >= 0.6 is 12.4 Å². The molecule has 1 N–H and O–H groups in total. The van der Waals surface area contributed by atoms with Gasteiger partial charge in [0.05, 0.1) is 5.52 Å². The number of aromatic nitrogens is 1. The van der Waals surface area contributed by atoms with Crippen molar-refractivity contribution < 1.29 is 9.90 Å². The summed E-state index contributed by atoms with van der Waals surface area (Å²) in [6.07, 6.45) is 0.737. The molecule has 1 amide bonds. The van der Waals surface area contributed by atoms with Gasteiger partial charge in [0.2, 0.25) is 0 Å². The average Bonchev–Trinajstić information content (AvgIpc) is 3.10. The molecular weight excluding hydrogens is 378 g/mol. The Bertz CT molecular complexity index is 1140. The van der Waals surface area contributed by atoms with Gasteiger partial charge in [-0.05, 0) is 36.2 Å². The molecule has 3 aromatic rings. The normalized spacial score (nSPS) is 12.6. The number of para-hydroxylation sites is 1. The number of benzene rings is 2. The number of carbonyl (C=O) groups is 1. The molecule has 28 heavy (non-hydrogen) atoms. The van der Waals surface area contributed by atoms with E-state index in [9.17, 15) is 14.7 Å². The first-order valence-corrected chi connectivity index (χ1v) is 8.83. The van der Waals surface area contributed by atoms with Crippen molar-refractivity contribution in [2.75, 3.05) is 30.4 Å². The van der Waals surface area contributed by atoms with Crippen LogP contribution < -0.4 is 15.4 Å². The second kappa shape index (κ2) is 7.20. The molecule has 1 aliphatic rings. The zero-order chi connectivity index (χ0) is 19.3. The lowest BCUT2D eigenvalue weighted by molar-refractivity contribution is 0.0985. The molecule has 0 radical (unpaired) electrons. The topological polar surface area (TPSA) is 65.8 Å². The molecule has 7 heteroatoms. The van der Waals surface area contributed by atoms with Gasteiger partial charge in [0.15, 0.2) is 0 Å². The number of anilines is 2. The van der Waals surface area contributed by atoms with Crippen LogP contribution in [0.3, 0.4) is 0 Å². The highest BCUT2D eigenvalue weighted by molar-refractivity contribution is 6.11. The molecule has 0 unspecified atom stereocenters. The fourth-order valence-electron chi connectivity index (χ4n) is 3.67. The number of amides is 1. The zero-order valence-corrected chi connectivity index (χ0v) is 16.8. The predicted octanol–water partition coefficient (Wildman–Crippen LogP) is 2.93. The first-order valence-electron chi connectivity index (χ1n) is 8.83. The summed E-state index contributed by atoms with van der Waals surface area (Å²) in [5.74, 6) is -0.721. The van der Waals surface area contributed by atoms with Crippen LogP contribution in [0.15, 0.2) is 47.3 Å². The Labute approximate surface area is 169 Å². The number of carbonyl (C=O) groups excluding carboxylic acids is 1. The molecule has 0 saturated heterocycles. The smallest absolute Gasteiger partial charge is 0.267 e. The van der Waals surface area contributed by atoms with E-state index >= 15 is 0 Å². The number of rotatable bonds is 2. The van der Waals surface area contributed by atoms with Crippen molar-refractivity contribution in [3.63, 3.8) is 0 Å². The molecule has 2 heterocycles. The molecule has 6 nitrogen and oxygen atoms in total. The van der Waals surface area contributed by atoms with Crippen LogP contribution in [0.1, 0.15) is 15.9 Å². The minimum atomic E-state index is -0.494. The first-order chi connectivity index (χ1) is 12.9. The summed E-state index contributed by atoms with van der Waals surface area (Å²) in [4.78, 5) is 29.6. The molecule has 2 aromatic carbocycles. The van der Waals surface area contributed by atoms with Gasteiger partial charge in [0, 0.05) is 44.4 Å². The number of hydrogen-bond donors (Lipinski definition) is 1. The van der Waals surface area contributed by atoms with Gasteiger partial charge in [-0.1, -0.05) is 18.2 Å². The van der Waals surface area contributed by atoms with Gasteiger partial charge >= 0.3 is 0 Å². The number of pyridine rings is 1. The van der Waals surface area contributed by atoms with Gasteiger partial charge in [-0.15, -0.1) is 12.4 Å². The van der Waals surface area contributed by atoms with E-state index in [1.807, 2.05) is 49.3 Å². The van der Waals surface area contributed by atoms with Crippen molar-refractivity contribution in [1.29, 1.82) is 0 Å². The number of nitrogens with zero attached hydrogens (tertiary/aromatic N) is 3. The third-order valence-corrected chi connectivity index (χ3v) is 5.21. The molecule has 146 valence electrons. The number of fused-ring (bicyclic) bond motifs is 2. The van der Waals surface area contributed by atoms with Crippen molar-refractivity contribution in [1.82, 2.24) is 4.57 Å². The van der Waals surface area contributed by atoms with Crippen molar-refractivity contribution in [3.05, 3.63) is 63.9 Å². The molecular formula is C21H22ClN3O3. The van der Waals surface area contributed by atoms with E-state index in [4.69, 9.17) is 0 Å². The Morgan fingerprint density at radius 2 is 1.86 bits per heavy atom. The van der Waals surface area contributed by atoms with E-state index in [-0.39, 0.29) is 23.7 Å². The third-order valence-electron chi connectivity index (χ3n) is 5.21. The highest BCUT2D eigenvalue weighted by Gasteiger charge is 2.30. The van der Waals surface area contributed by atoms with Crippen LogP contribution in [0.5, 0.6) is 5.75 Å². The van der Waals surface area contributed by atoms with Crippen LogP contribution in [-0.4, -0.2) is 36.2 Å². The molecule has 0 fully saturated rings. The molecule has 0 bridgehead atoms. The molecule has 4 rings (SSSR count). The summed E-state index contributed by atoms with van der Waals surface area (Å²) in [5, 5.41) is 11.3. The Balaban J connectivity index is 0.00000225. The standard InChI is InChI=1S/C21H21N3O3.ClH/c1-22(2)14-8-9-17-15(12-14)19(25)18(20(26)23(17)3)21(27)24-11-10-13-6-4-5-7-16(13)24;/h4-9,12,25H,10-11H2,1-3H3;1H. The lowest BCUT2D eigenvalue weighted by Gasteiger charge is -2.20. The van der Waals surface area contributed by atoms with Gasteiger partial charge in [-0.25, -0.2) is 0 Å².